The summed E-state index contributed by atoms with van der Waals surface area (Å²) < 4.78 is 0. The summed E-state index contributed by atoms with van der Waals surface area (Å²) in [6, 6.07) is 6.50. The van der Waals surface area contributed by atoms with Crippen LogP contribution in [0.15, 0.2) is 18.2 Å². The zero-order valence-electron chi connectivity index (χ0n) is 6.83. The molecule has 0 aromatic heterocycles. The third kappa shape index (κ3) is 0.401. The molecule has 0 aliphatic heterocycles. The van der Waals surface area contributed by atoms with E-state index in [-0.39, 0.29) is 0 Å². The van der Waals surface area contributed by atoms with Crippen molar-refractivity contribution in [2.75, 3.05) is 5.73 Å². The van der Waals surface area contributed by atoms with E-state index in [0.29, 0.717) is 0 Å². The molecule has 0 heterocycles. The average molecular weight is 157 g/mol. The van der Waals surface area contributed by atoms with Crippen LogP contribution >= 0.6 is 0 Å². The Labute approximate surface area is 71.6 Å². The van der Waals surface area contributed by atoms with E-state index >= 15 is 0 Å². The minimum absolute atomic E-state index is 0.901. The predicted molar refractivity (Wildman–Crippen MR) is 47.9 cm³/mol. The summed E-state index contributed by atoms with van der Waals surface area (Å²) in [7, 11) is 0. The van der Waals surface area contributed by atoms with Gasteiger partial charge in [-0.25, -0.2) is 0 Å². The van der Waals surface area contributed by atoms with Crippen LogP contribution in [-0.4, -0.2) is 0 Å². The second-order valence-corrected chi connectivity index (χ2v) is 4.50. The smallest absolute Gasteiger partial charge is 0.0317 e. The second-order valence-electron chi connectivity index (χ2n) is 4.50. The van der Waals surface area contributed by atoms with E-state index in [1.165, 1.54) is 6.42 Å². The van der Waals surface area contributed by atoms with Crippen LogP contribution in [0.3, 0.4) is 0 Å². The van der Waals surface area contributed by atoms with Gasteiger partial charge >= 0.3 is 0 Å². The van der Waals surface area contributed by atoms with Gasteiger partial charge in [-0.2, -0.15) is 0 Å². The number of hydrogen-bond acceptors (Lipinski definition) is 1. The van der Waals surface area contributed by atoms with Gasteiger partial charge in [0, 0.05) is 5.69 Å². The molecule has 2 saturated carbocycles. The Kier molecular flexibility index (Phi) is 0.663. The summed E-state index contributed by atoms with van der Waals surface area (Å²) in [5.41, 5.74) is 9.91. The van der Waals surface area contributed by atoms with Crippen molar-refractivity contribution < 1.29 is 0 Å². The SMILES string of the molecule is Nc1ccc2c(c1)[C@@H]1C[C@@H]3[C@H]2[C@@H]31. The first-order valence-corrected chi connectivity index (χ1v) is 4.75. The number of rotatable bonds is 0. The maximum Gasteiger partial charge on any atom is 0.0317 e. The van der Waals surface area contributed by atoms with Gasteiger partial charge in [-0.15, -0.1) is 0 Å². The summed E-state index contributed by atoms with van der Waals surface area (Å²) in [5.74, 6) is 3.97. The van der Waals surface area contributed by atoms with E-state index < -0.39 is 0 Å². The van der Waals surface area contributed by atoms with E-state index in [9.17, 15) is 0 Å². The third-order valence-corrected chi connectivity index (χ3v) is 4.09. The first kappa shape index (κ1) is 5.63. The Morgan fingerprint density at radius 3 is 3.08 bits per heavy atom. The fourth-order valence-electron chi connectivity index (χ4n) is 3.50. The maximum absolute atomic E-state index is 5.77. The van der Waals surface area contributed by atoms with Gasteiger partial charge < -0.3 is 5.73 Å². The fourth-order valence-corrected chi connectivity index (χ4v) is 3.50. The number of fused-ring (bicyclic) bond motifs is 4. The van der Waals surface area contributed by atoms with Gasteiger partial charge in [0.1, 0.15) is 0 Å². The Morgan fingerprint density at radius 2 is 2.17 bits per heavy atom. The Morgan fingerprint density at radius 1 is 1.25 bits per heavy atom. The zero-order chi connectivity index (χ0) is 7.87. The van der Waals surface area contributed by atoms with Gasteiger partial charge in [-0.1, -0.05) is 6.07 Å². The minimum atomic E-state index is 0.901. The summed E-state index contributed by atoms with van der Waals surface area (Å²) in [6.07, 6.45) is 1.45. The first-order valence-electron chi connectivity index (χ1n) is 4.75. The molecule has 1 aromatic rings. The quantitative estimate of drug-likeness (QED) is 0.573. The molecule has 2 fully saturated rings. The zero-order valence-corrected chi connectivity index (χ0v) is 6.83. The Bertz CT molecular complexity index is 383. The number of hydrogen-bond donors (Lipinski definition) is 1. The largest absolute Gasteiger partial charge is 0.399 e. The monoisotopic (exact) mass is 157 g/mol. The Hall–Kier alpha value is -0.980. The molecule has 3 aliphatic carbocycles. The molecule has 2 N–H and O–H groups in total. The van der Waals surface area contributed by atoms with Gasteiger partial charge in [0.2, 0.25) is 0 Å². The highest BCUT2D eigenvalue weighted by molar-refractivity contribution is 5.57. The summed E-state index contributed by atoms with van der Waals surface area (Å²) in [5, 5.41) is 0. The third-order valence-electron chi connectivity index (χ3n) is 4.09. The molecule has 0 radical (unpaired) electrons. The Balaban J connectivity index is 2.01. The molecule has 60 valence electrons. The van der Waals surface area contributed by atoms with Crippen molar-refractivity contribution in [1.29, 1.82) is 0 Å². The van der Waals surface area contributed by atoms with E-state index in [4.69, 9.17) is 5.73 Å². The minimum Gasteiger partial charge on any atom is -0.399 e. The van der Waals surface area contributed by atoms with Crippen molar-refractivity contribution in [1.82, 2.24) is 0 Å². The fraction of sp³-hybridized carbons (Fsp3) is 0.455. The van der Waals surface area contributed by atoms with Gasteiger partial charge in [0.15, 0.2) is 0 Å². The highest BCUT2D eigenvalue weighted by atomic mass is 14.7. The van der Waals surface area contributed by atoms with Crippen LogP contribution < -0.4 is 5.73 Å². The van der Waals surface area contributed by atoms with Crippen LogP contribution in [0.4, 0.5) is 5.69 Å². The van der Waals surface area contributed by atoms with Gasteiger partial charge in [-0.05, 0) is 53.4 Å². The standard InChI is InChI=1S/C11H11N/c12-5-1-2-6-7(3-5)8-4-9-10(6)11(8)9/h1-3,8-11H,4,12H2/t8-,9+,10-,11+/m0/s1. The van der Waals surface area contributed by atoms with Gasteiger partial charge in [0.25, 0.3) is 0 Å². The van der Waals surface area contributed by atoms with Crippen LogP contribution in [0.1, 0.15) is 29.4 Å². The van der Waals surface area contributed by atoms with Crippen LogP contribution in [-0.2, 0) is 0 Å². The molecular formula is C11H11N. The molecule has 0 amide bonds. The van der Waals surface area contributed by atoms with E-state index in [0.717, 1.165) is 29.4 Å². The molecule has 4 atom stereocenters. The van der Waals surface area contributed by atoms with Crippen LogP contribution in [0, 0.1) is 11.8 Å². The second kappa shape index (κ2) is 1.41. The lowest BCUT2D eigenvalue weighted by Gasteiger charge is -2.26. The van der Waals surface area contributed by atoms with Crippen molar-refractivity contribution in [2.24, 2.45) is 11.8 Å². The van der Waals surface area contributed by atoms with Crippen molar-refractivity contribution in [3.63, 3.8) is 0 Å². The van der Waals surface area contributed by atoms with E-state index in [1.807, 2.05) is 0 Å². The maximum atomic E-state index is 5.77. The van der Waals surface area contributed by atoms with Crippen molar-refractivity contribution in [3.05, 3.63) is 29.3 Å². The van der Waals surface area contributed by atoms with Crippen molar-refractivity contribution >= 4 is 5.69 Å². The molecule has 1 heteroatoms. The molecule has 1 nitrogen and oxygen atoms in total. The molecule has 4 rings (SSSR count). The summed E-state index contributed by atoms with van der Waals surface area (Å²) in [6.45, 7) is 0. The number of benzene rings is 1. The lowest BCUT2D eigenvalue weighted by molar-refractivity contribution is 0.388. The normalized spacial score (nSPS) is 44.7. The lowest BCUT2D eigenvalue weighted by Crippen LogP contribution is -2.14. The number of anilines is 1. The first-order chi connectivity index (χ1) is 5.86. The van der Waals surface area contributed by atoms with E-state index in [2.05, 4.69) is 18.2 Å². The molecule has 12 heavy (non-hydrogen) atoms. The number of nitrogens with two attached hydrogens (primary N) is 1. The van der Waals surface area contributed by atoms with Gasteiger partial charge in [-0.3, -0.25) is 0 Å². The molecule has 0 bridgehead atoms. The van der Waals surface area contributed by atoms with Gasteiger partial charge in [0.05, 0.1) is 0 Å². The topological polar surface area (TPSA) is 26.0 Å². The summed E-state index contributed by atoms with van der Waals surface area (Å²) >= 11 is 0. The lowest BCUT2D eigenvalue weighted by atomic mass is 9.78. The molecule has 0 spiro atoms. The number of nitrogen functional groups attached to an aromatic ring is 1. The van der Waals surface area contributed by atoms with Crippen LogP contribution in [0.2, 0.25) is 0 Å². The summed E-state index contributed by atoms with van der Waals surface area (Å²) in [4.78, 5) is 0. The molecule has 0 saturated heterocycles. The molecule has 1 aromatic carbocycles. The molecule has 0 unspecified atom stereocenters. The van der Waals surface area contributed by atoms with Crippen LogP contribution in [0.25, 0.3) is 0 Å². The highest BCUT2D eigenvalue weighted by Gasteiger charge is 2.68. The molecular weight excluding hydrogens is 146 g/mol. The average Bonchev–Trinajstić information content (AvgIpc) is 2.48. The predicted octanol–water partition coefficient (Wildman–Crippen LogP) is 2.10. The molecule has 3 aliphatic rings. The van der Waals surface area contributed by atoms with Crippen molar-refractivity contribution in [3.8, 4) is 0 Å². The van der Waals surface area contributed by atoms with Crippen LogP contribution in [0.5, 0.6) is 0 Å². The van der Waals surface area contributed by atoms with Crippen molar-refractivity contribution in [2.45, 2.75) is 18.3 Å². The van der Waals surface area contributed by atoms with E-state index in [1.54, 1.807) is 11.1 Å². The highest BCUT2D eigenvalue weighted by Crippen LogP contribution is 2.78.